The third-order valence-electron chi connectivity index (χ3n) is 3.71. The predicted octanol–water partition coefficient (Wildman–Crippen LogP) is 5.11. The largest absolute Gasteiger partial charge is 0.484 e. The first-order valence-electron chi connectivity index (χ1n) is 8.79. The van der Waals surface area contributed by atoms with Crippen LogP contribution < -0.4 is 10.1 Å². The van der Waals surface area contributed by atoms with Gasteiger partial charge in [0.2, 0.25) is 5.13 Å². The van der Waals surface area contributed by atoms with Crippen molar-refractivity contribution in [3.63, 3.8) is 0 Å². The average molecular weight is 400 g/mol. The number of unbranched alkanes of at least 4 members (excludes halogenated alkanes) is 1. The van der Waals surface area contributed by atoms with E-state index in [0.717, 1.165) is 34.1 Å². The lowest BCUT2D eigenvalue weighted by atomic mass is 10.1. The third-order valence-corrected chi connectivity index (χ3v) is 5.77. The highest BCUT2D eigenvalue weighted by molar-refractivity contribution is 8.01. The van der Waals surface area contributed by atoms with Gasteiger partial charge in [-0.15, -0.1) is 10.2 Å². The van der Waals surface area contributed by atoms with E-state index in [2.05, 4.69) is 34.6 Å². The van der Waals surface area contributed by atoms with Gasteiger partial charge in [0.15, 0.2) is 10.9 Å². The van der Waals surface area contributed by atoms with Gasteiger partial charge in [-0.05, 0) is 29.7 Å². The Morgan fingerprint density at radius 1 is 1.07 bits per heavy atom. The molecule has 1 heterocycles. The zero-order chi connectivity index (χ0) is 18.9. The molecular weight excluding hydrogens is 378 g/mol. The van der Waals surface area contributed by atoms with E-state index in [4.69, 9.17) is 4.74 Å². The van der Waals surface area contributed by atoms with Gasteiger partial charge in [-0.2, -0.15) is 0 Å². The first-order valence-corrected chi connectivity index (χ1v) is 10.6. The zero-order valence-corrected chi connectivity index (χ0v) is 16.7. The van der Waals surface area contributed by atoms with Crippen LogP contribution in [0.3, 0.4) is 0 Å². The summed E-state index contributed by atoms with van der Waals surface area (Å²) < 4.78 is 6.43. The quantitative estimate of drug-likeness (QED) is 0.307. The van der Waals surface area contributed by atoms with Crippen molar-refractivity contribution in [3.05, 3.63) is 54.6 Å². The number of ether oxygens (including phenoxy) is 1. The average Bonchev–Trinajstić information content (AvgIpc) is 3.15. The van der Waals surface area contributed by atoms with E-state index in [-0.39, 0.29) is 12.5 Å². The Labute approximate surface area is 167 Å². The summed E-state index contributed by atoms with van der Waals surface area (Å²) in [4.78, 5) is 12.0. The highest BCUT2D eigenvalue weighted by atomic mass is 32.2. The molecule has 0 spiro atoms. The Bertz CT molecular complexity index is 851. The third kappa shape index (κ3) is 6.08. The Morgan fingerprint density at radius 3 is 2.56 bits per heavy atom. The molecule has 1 N–H and O–H groups in total. The molecule has 0 unspecified atom stereocenters. The van der Waals surface area contributed by atoms with Crippen LogP contribution in [-0.4, -0.2) is 28.5 Å². The second kappa shape index (κ2) is 10.1. The van der Waals surface area contributed by atoms with Gasteiger partial charge in [0.25, 0.3) is 5.91 Å². The molecule has 0 aliphatic carbocycles. The normalized spacial score (nSPS) is 10.6. The fourth-order valence-electron chi connectivity index (χ4n) is 2.30. The van der Waals surface area contributed by atoms with Crippen molar-refractivity contribution in [2.75, 3.05) is 17.7 Å². The van der Waals surface area contributed by atoms with Crippen molar-refractivity contribution in [1.82, 2.24) is 10.2 Å². The molecule has 140 valence electrons. The van der Waals surface area contributed by atoms with Gasteiger partial charge >= 0.3 is 0 Å². The van der Waals surface area contributed by atoms with Gasteiger partial charge in [-0.3, -0.25) is 10.1 Å². The lowest BCUT2D eigenvalue weighted by Crippen LogP contribution is -2.20. The number of benzene rings is 2. The SMILES string of the molecule is CCCCSc1nnc(NC(=O)COc2ccc(-c3ccccc3)cc2)s1. The van der Waals surface area contributed by atoms with Crippen LogP contribution in [0.4, 0.5) is 5.13 Å². The zero-order valence-electron chi connectivity index (χ0n) is 15.1. The molecule has 0 atom stereocenters. The number of anilines is 1. The van der Waals surface area contributed by atoms with Crippen molar-refractivity contribution < 1.29 is 9.53 Å². The maximum atomic E-state index is 12.0. The lowest BCUT2D eigenvalue weighted by molar-refractivity contribution is -0.118. The van der Waals surface area contributed by atoms with Crippen LogP contribution >= 0.6 is 23.1 Å². The van der Waals surface area contributed by atoms with E-state index < -0.39 is 0 Å². The topological polar surface area (TPSA) is 64.1 Å². The van der Waals surface area contributed by atoms with Gasteiger partial charge in [0.1, 0.15) is 5.75 Å². The molecule has 0 fully saturated rings. The predicted molar refractivity (Wildman–Crippen MR) is 112 cm³/mol. The van der Waals surface area contributed by atoms with Gasteiger partial charge in [0.05, 0.1) is 0 Å². The molecule has 7 heteroatoms. The number of thioether (sulfide) groups is 1. The van der Waals surface area contributed by atoms with E-state index in [1.807, 2.05) is 42.5 Å². The van der Waals surface area contributed by atoms with Crippen molar-refractivity contribution >= 4 is 34.1 Å². The summed E-state index contributed by atoms with van der Waals surface area (Å²) in [5.41, 5.74) is 2.25. The second-order valence-electron chi connectivity index (χ2n) is 5.80. The molecule has 0 radical (unpaired) electrons. The number of carbonyl (C=O) groups excluding carboxylic acids is 1. The molecule has 0 bridgehead atoms. The fourth-order valence-corrected chi connectivity index (χ4v) is 4.22. The minimum Gasteiger partial charge on any atom is -0.484 e. The summed E-state index contributed by atoms with van der Waals surface area (Å²) in [5, 5.41) is 11.3. The molecule has 3 rings (SSSR count). The number of aromatic nitrogens is 2. The van der Waals surface area contributed by atoms with Crippen LogP contribution in [-0.2, 0) is 4.79 Å². The summed E-state index contributed by atoms with van der Waals surface area (Å²) in [6, 6.07) is 17.8. The summed E-state index contributed by atoms with van der Waals surface area (Å²) in [6.07, 6.45) is 2.29. The van der Waals surface area contributed by atoms with E-state index in [1.165, 1.54) is 11.3 Å². The Morgan fingerprint density at radius 2 is 1.81 bits per heavy atom. The number of rotatable bonds is 9. The van der Waals surface area contributed by atoms with Gasteiger partial charge in [-0.25, -0.2) is 0 Å². The van der Waals surface area contributed by atoms with Crippen LogP contribution in [0.15, 0.2) is 58.9 Å². The Hall–Kier alpha value is -2.38. The maximum absolute atomic E-state index is 12.0. The van der Waals surface area contributed by atoms with Crippen molar-refractivity contribution in [1.29, 1.82) is 0 Å². The summed E-state index contributed by atoms with van der Waals surface area (Å²) in [6.45, 7) is 2.09. The Kier molecular flexibility index (Phi) is 7.24. The van der Waals surface area contributed by atoms with Crippen LogP contribution in [0.2, 0.25) is 0 Å². The molecule has 1 amide bonds. The number of nitrogens with one attached hydrogen (secondary N) is 1. The van der Waals surface area contributed by atoms with Crippen LogP contribution in [0.1, 0.15) is 19.8 Å². The van der Waals surface area contributed by atoms with E-state index >= 15 is 0 Å². The monoisotopic (exact) mass is 399 g/mol. The molecule has 0 saturated carbocycles. The number of hydrogen-bond acceptors (Lipinski definition) is 6. The van der Waals surface area contributed by atoms with Crippen molar-refractivity contribution in [3.8, 4) is 16.9 Å². The molecule has 27 heavy (non-hydrogen) atoms. The standard InChI is InChI=1S/C20H21N3O2S2/c1-2-3-13-26-20-23-22-19(27-20)21-18(24)14-25-17-11-9-16(10-12-17)15-7-5-4-6-8-15/h4-12H,2-3,13-14H2,1H3,(H,21,22,24). The summed E-state index contributed by atoms with van der Waals surface area (Å²) in [5.74, 6) is 1.42. The van der Waals surface area contributed by atoms with Crippen LogP contribution in [0.5, 0.6) is 5.75 Å². The highest BCUT2D eigenvalue weighted by Crippen LogP contribution is 2.26. The van der Waals surface area contributed by atoms with E-state index in [0.29, 0.717) is 10.9 Å². The molecule has 0 aliphatic rings. The van der Waals surface area contributed by atoms with Crippen molar-refractivity contribution in [2.24, 2.45) is 0 Å². The number of amides is 1. The lowest BCUT2D eigenvalue weighted by Gasteiger charge is -2.07. The molecular formula is C20H21N3O2S2. The summed E-state index contributed by atoms with van der Waals surface area (Å²) >= 11 is 3.05. The first kappa shape index (κ1) is 19.4. The molecule has 2 aromatic carbocycles. The van der Waals surface area contributed by atoms with Gasteiger partial charge in [-0.1, -0.05) is 78.9 Å². The fraction of sp³-hybridized carbons (Fsp3) is 0.250. The van der Waals surface area contributed by atoms with E-state index in [9.17, 15) is 4.79 Å². The molecule has 0 saturated heterocycles. The second-order valence-corrected chi connectivity index (χ2v) is 8.12. The Balaban J connectivity index is 1.46. The molecule has 1 aromatic heterocycles. The smallest absolute Gasteiger partial charge is 0.264 e. The molecule has 3 aromatic rings. The minimum absolute atomic E-state index is 0.0669. The van der Waals surface area contributed by atoms with Gasteiger partial charge in [0, 0.05) is 5.75 Å². The number of nitrogens with zero attached hydrogens (tertiary/aromatic N) is 2. The van der Waals surface area contributed by atoms with E-state index in [1.54, 1.807) is 11.8 Å². The molecule has 0 aliphatic heterocycles. The summed E-state index contributed by atoms with van der Waals surface area (Å²) in [7, 11) is 0. The maximum Gasteiger partial charge on any atom is 0.264 e. The van der Waals surface area contributed by atoms with Crippen LogP contribution in [0, 0.1) is 0 Å². The minimum atomic E-state index is -0.247. The first-order chi connectivity index (χ1) is 13.2. The van der Waals surface area contributed by atoms with Gasteiger partial charge < -0.3 is 4.74 Å². The molecule has 5 nitrogen and oxygen atoms in total. The number of carbonyl (C=O) groups is 1. The van der Waals surface area contributed by atoms with Crippen molar-refractivity contribution in [2.45, 2.75) is 24.1 Å². The highest BCUT2D eigenvalue weighted by Gasteiger charge is 2.09. The number of hydrogen-bond donors (Lipinski definition) is 1. The van der Waals surface area contributed by atoms with Crippen LogP contribution in [0.25, 0.3) is 11.1 Å².